The summed E-state index contributed by atoms with van der Waals surface area (Å²) in [4.78, 5) is 37.9. The van der Waals surface area contributed by atoms with E-state index in [2.05, 4.69) is 17.3 Å². The van der Waals surface area contributed by atoms with Crippen molar-refractivity contribution in [2.24, 2.45) is 0 Å². The fraction of sp³-hybridized carbons (Fsp3) is 0.407. The molecule has 3 rings (SSSR count). The maximum atomic E-state index is 12.8. The van der Waals surface area contributed by atoms with Crippen molar-refractivity contribution in [3.63, 3.8) is 0 Å². The third-order valence-electron chi connectivity index (χ3n) is 5.80. The summed E-state index contributed by atoms with van der Waals surface area (Å²) in [5.74, 6) is 0.0666. The highest BCUT2D eigenvalue weighted by molar-refractivity contribution is 6.02. The number of hydrogen-bond acceptors (Lipinski definition) is 7. The van der Waals surface area contributed by atoms with Crippen molar-refractivity contribution < 1.29 is 23.8 Å². The van der Waals surface area contributed by atoms with E-state index in [1.165, 1.54) is 4.68 Å². The Kier molecular flexibility index (Phi) is 9.85. The fourth-order valence-corrected chi connectivity index (χ4v) is 3.86. The van der Waals surface area contributed by atoms with E-state index in [9.17, 15) is 14.4 Å². The van der Waals surface area contributed by atoms with E-state index in [4.69, 9.17) is 14.2 Å². The average Bonchev–Trinajstić information content (AvgIpc) is 2.90. The number of benzene rings is 2. The molecule has 9 nitrogen and oxygen atoms in total. The molecule has 0 unspecified atom stereocenters. The van der Waals surface area contributed by atoms with Crippen molar-refractivity contribution in [3.05, 3.63) is 64.1 Å². The van der Waals surface area contributed by atoms with Gasteiger partial charge in [0.15, 0.2) is 23.8 Å². The topological polar surface area (TPSA) is 109 Å². The first-order valence-corrected chi connectivity index (χ1v) is 12.1. The quantitative estimate of drug-likeness (QED) is 0.285. The number of ether oxygens (including phenoxy) is 3. The number of rotatable bonds is 13. The van der Waals surface area contributed by atoms with E-state index in [0.29, 0.717) is 41.8 Å². The first-order chi connectivity index (χ1) is 17.5. The Morgan fingerprint density at radius 2 is 1.72 bits per heavy atom. The zero-order valence-corrected chi connectivity index (χ0v) is 21.0. The number of hydrogen-bond donors (Lipinski definition) is 1. The van der Waals surface area contributed by atoms with Gasteiger partial charge in [-0.1, -0.05) is 50.5 Å². The Morgan fingerprint density at radius 1 is 0.972 bits per heavy atom. The molecule has 0 atom stereocenters. The molecule has 0 saturated heterocycles. The summed E-state index contributed by atoms with van der Waals surface area (Å²) >= 11 is 0. The van der Waals surface area contributed by atoms with Crippen LogP contribution in [-0.4, -0.2) is 49.0 Å². The van der Waals surface area contributed by atoms with E-state index in [-0.39, 0.29) is 11.3 Å². The Balaban J connectivity index is 1.60. The van der Waals surface area contributed by atoms with Crippen LogP contribution < -0.4 is 20.3 Å². The molecule has 1 heterocycles. The van der Waals surface area contributed by atoms with Crippen molar-refractivity contribution in [1.29, 1.82) is 0 Å². The molecule has 0 bridgehead atoms. The molecule has 0 radical (unpaired) electrons. The van der Waals surface area contributed by atoms with E-state index in [0.717, 1.165) is 31.2 Å². The number of amides is 1. The molecule has 2 aromatic carbocycles. The number of carbonyl (C=O) groups is 2. The third-order valence-corrected chi connectivity index (χ3v) is 5.80. The highest BCUT2D eigenvalue weighted by Crippen LogP contribution is 2.27. The molecule has 0 aliphatic rings. The van der Waals surface area contributed by atoms with Crippen LogP contribution in [0.1, 0.15) is 48.7 Å². The second kappa shape index (κ2) is 13.3. The molecular weight excluding hydrogens is 462 g/mol. The number of aryl methyl sites for hydroxylation is 1. The number of methoxy groups -OCH3 is 2. The number of nitrogens with one attached hydrogen (secondary N) is 1. The highest BCUT2D eigenvalue weighted by Gasteiger charge is 2.19. The lowest BCUT2D eigenvalue weighted by Gasteiger charge is -2.11. The smallest absolute Gasteiger partial charge is 0.359 e. The number of fused-ring (bicyclic) bond motifs is 1. The molecular formula is C27H33N3O6. The van der Waals surface area contributed by atoms with Gasteiger partial charge in [-0.3, -0.25) is 9.59 Å². The van der Waals surface area contributed by atoms with Crippen LogP contribution in [0.3, 0.4) is 0 Å². The van der Waals surface area contributed by atoms with Gasteiger partial charge in [0.05, 0.1) is 19.6 Å². The van der Waals surface area contributed by atoms with E-state index in [1.54, 1.807) is 44.6 Å². The van der Waals surface area contributed by atoms with E-state index >= 15 is 0 Å². The maximum Gasteiger partial charge on any atom is 0.359 e. The van der Waals surface area contributed by atoms with Crippen LogP contribution in [0.5, 0.6) is 11.5 Å². The summed E-state index contributed by atoms with van der Waals surface area (Å²) in [5.41, 5.74) is 0.743. The zero-order valence-electron chi connectivity index (χ0n) is 21.0. The SMILES string of the molecule is CCCCCCn1nc(C(=O)OCC(=O)NCCc2ccc(OC)c(OC)c2)c2ccccc2c1=O. The second-order valence-corrected chi connectivity index (χ2v) is 8.35. The zero-order chi connectivity index (χ0) is 25.9. The van der Waals surface area contributed by atoms with Gasteiger partial charge in [0.1, 0.15) is 0 Å². The molecule has 1 amide bonds. The van der Waals surface area contributed by atoms with Gasteiger partial charge in [-0.2, -0.15) is 5.10 Å². The summed E-state index contributed by atoms with van der Waals surface area (Å²) in [6.45, 7) is 2.44. The van der Waals surface area contributed by atoms with Gasteiger partial charge in [0.2, 0.25) is 0 Å². The number of nitrogens with zero attached hydrogens (tertiary/aromatic N) is 2. The summed E-state index contributed by atoms with van der Waals surface area (Å²) in [6, 6.07) is 12.3. The predicted molar refractivity (Wildman–Crippen MR) is 137 cm³/mol. The molecule has 3 aromatic rings. The van der Waals surface area contributed by atoms with Gasteiger partial charge in [0, 0.05) is 18.5 Å². The minimum Gasteiger partial charge on any atom is -0.493 e. The van der Waals surface area contributed by atoms with Gasteiger partial charge < -0.3 is 19.5 Å². The summed E-state index contributed by atoms with van der Waals surface area (Å²) in [6.07, 6.45) is 4.47. The van der Waals surface area contributed by atoms with Crippen molar-refractivity contribution in [2.45, 2.75) is 45.6 Å². The van der Waals surface area contributed by atoms with Gasteiger partial charge in [-0.25, -0.2) is 9.48 Å². The van der Waals surface area contributed by atoms with Crippen LogP contribution >= 0.6 is 0 Å². The molecule has 0 fully saturated rings. The first-order valence-electron chi connectivity index (χ1n) is 12.1. The van der Waals surface area contributed by atoms with E-state index in [1.807, 2.05) is 12.1 Å². The van der Waals surface area contributed by atoms with Crippen molar-refractivity contribution in [1.82, 2.24) is 15.1 Å². The van der Waals surface area contributed by atoms with Crippen LogP contribution in [0.15, 0.2) is 47.3 Å². The van der Waals surface area contributed by atoms with Gasteiger partial charge in [-0.05, 0) is 36.6 Å². The van der Waals surface area contributed by atoms with Gasteiger partial charge >= 0.3 is 5.97 Å². The molecule has 36 heavy (non-hydrogen) atoms. The van der Waals surface area contributed by atoms with Crippen LogP contribution in [0.2, 0.25) is 0 Å². The third kappa shape index (κ3) is 6.84. The molecule has 0 saturated carbocycles. The Bertz CT molecular complexity index is 1250. The Hall–Kier alpha value is -3.88. The van der Waals surface area contributed by atoms with Gasteiger partial charge in [0.25, 0.3) is 11.5 Å². The van der Waals surface area contributed by atoms with Crippen LogP contribution in [0.4, 0.5) is 0 Å². The predicted octanol–water partition coefficient (Wildman–Crippen LogP) is 3.51. The largest absolute Gasteiger partial charge is 0.493 e. The number of aromatic nitrogens is 2. The molecule has 0 aliphatic heterocycles. The Morgan fingerprint density at radius 3 is 2.44 bits per heavy atom. The standard InChI is InChI=1S/C27H33N3O6/c1-4-5-6-9-16-30-26(32)21-11-8-7-10-20(21)25(29-30)27(33)36-18-24(31)28-15-14-19-12-13-22(34-2)23(17-19)35-3/h7-8,10-13,17H,4-6,9,14-16,18H2,1-3H3,(H,28,31). The first kappa shape index (κ1) is 26.7. The molecule has 1 N–H and O–H groups in total. The second-order valence-electron chi connectivity index (χ2n) is 8.35. The monoisotopic (exact) mass is 495 g/mol. The van der Waals surface area contributed by atoms with Crippen molar-refractivity contribution in [3.8, 4) is 11.5 Å². The minimum absolute atomic E-state index is 0.0267. The van der Waals surface area contributed by atoms with Gasteiger partial charge in [-0.15, -0.1) is 0 Å². The average molecular weight is 496 g/mol. The van der Waals surface area contributed by atoms with Crippen LogP contribution in [0, 0.1) is 0 Å². The molecule has 1 aromatic heterocycles. The highest BCUT2D eigenvalue weighted by atomic mass is 16.5. The number of unbranched alkanes of at least 4 members (excludes halogenated alkanes) is 3. The summed E-state index contributed by atoms with van der Waals surface area (Å²) in [7, 11) is 3.13. The lowest BCUT2D eigenvalue weighted by Crippen LogP contribution is -2.31. The Labute approximate surface area is 210 Å². The van der Waals surface area contributed by atoms with Crippen molar-refractivity contribution >= 4 is 22.6 Å². The lowest BCUT2D eigenvalue weighted by molar-refractivity contribution is -0.124. The number of esters is 1. The molecule has 192 valence electrons. The van der Waals surface area contributed by atoms with Crippen LogP contribution in [-0.2, 0) is 22.5 Å². The molecule has 9 heteroatoms. The fourth-order valence-electron chi connectivity index (χ4n) is 3.86. The molecule has 0 spiro atoms. The summed E-state index contributed by atoms with van der Waals surface area (Å²) in [5, 5.41) is 7.83. The lowest BCUT2D eigenvalue weighted by atomic mass is 10.1. The summed E-state index contributed by atoms with van der Waals surface area (Å²) < 4.78 is 17.1. The molecule has 0 aliphatic carbocycles. The normalized spacial score (nSPS) is 10.8. The maximum absolute atomic E-state index is 12.8. The number of carbonyl (C=O) groups excluding carboxylic acids is 2. The van der Waals surface area contributed by atoms with Crippen molar-refractivity contribution in [2.75, 3.05) is 27.4 Å². The van der Waals surface area contributed by atoms with E-state index < -0.39 is 18.5 Å². The minimum atomic E-state index is -0.747. The van der Waals surface area contributed by atoms with Crippen LogP contribution in [0.25, 0.3) is 10.8 Å².